The van der Waals surface area contributed by atoms with Gasteiger partial charge in [-0.05, 0) is 49.7 Å². The second-order valence-corrected chi connectivity index (χ2v) is 10.7. The molecule has 9 nitrogen and oxygen atoms in total. The number of hydrogen-bond donors (Lipinski definition) is 2. The van der Waals surface area contributed by atoms with Crippen LogP contribution < -0.4 is 10.6 Å². The smallest absolute Gasteiger partial charge is 0.331 e. The van der Waals surface area contributed by atoms with Crippen molar-refractivity contribution in [1.29, 1.82) is 0 Å². The predicted molar refractivity (Wildman–Crippen MR) is 155 cm³/mol. The van der Waals surface area contributed by atoms with Crippen molar-refractivity contribution in [3.05, 3.63) is 89.5 Å². The number of amides is 2. The van der Waals surface area contributed by atoms with E-state index in [1.807, 2.05) is 30.3 Å². The predicted octanol–water partition coefficient (Wildman–Crippen LogP) is 5.07. The number of hydrogen-bond acceptors (Lipinski definition) is 9. The zero-order valence-electron chi connectivity index (χ0n) is 21.8. The minimum absolute atomic E-state index is 0.135. The number of thiazole rings is 1. The third kappa shape index (κ3) is 7.25. The molecule has 2 amide bonds. The third-order valence-electron chi connectivity index (χ3n) is 5.56. The van der Waals surface area contributed by atoms with E-state index >= 15 is 0 Å². The minimum Gasteiger partial charge on any atom is -0.465 e. The lowest BCUT2D eigenvalue weighted by molar-refractivity contribution is -0.152. The summed E-state index contributed by atoms with van der Waals surface area (Å²) in [6, 6.07) is 21.3. The van der Waals surface area contributed by atoms with Gasteiger partial charge in [-0.3, -0.25) is 19.2 Å². The van der Waals surface area contributed by atoms with Gasteiger partial charge in [0.05, 0.1) is 34.6 Å². The number of aromatic nitrogens is 1. The van der Waals surface area contributed by atoms with Gasteiger partial charge in [0.25, 0.3) is 11.8 Å². The van der Waals surface area contributed by atoms with Gasteiger partial charge in [0, 0.05) is 12.2 Å². The summed E-state index contributed by atoms with van der Waals surface area (Å²) in [5, 5.41) is 4.51. The molecule has 0 atom stereocenters. The molecule has 0 spiro atoms. The summed E-state index contributed by atoms with van der Waals surface area (Å²) >= 11 is 2.23. The van der Waals surface area contributed by atoms with Gasteiger partial charge in [-0.2, -0.15) is 0 Å². The highest BCUT2D eigenvalue weighted by atomic mass is 32.2. The Bertz CT molecular complexity index is 1500. The first-order valence-corrected chi connectivity index (χ1v) is 14.2. The first-order valence-electron chi connectivity index (χ1n) is 12.5. The van der Waals surface area contributed by atoms with Crippen molar-refractivity contribution < 1.29 is 28.7 Å². The largest absolute Gasteiger partial charge is 0.465 e. The number of nitrogens with zero attached hydrogens (tertiary/aromatic N) is 1. The Labute approximate surface area is 239 Å². The van der Waals surface area contributed by atoms with Crippen molar-refractivity contribution in [1.82, 2.24) is 10.3 Å². The van der Waals surface area contributed by atoms with Gasteiger partial charge in [0.2, 0.25) is 5.25 Å². The molecule has 1 aromatic heterocycles. The van der Waals surface area contributed by atoms with Gasteiger partial charge >= 0.3 is 11.9 Å². The molecule has 11 heteroatoms. The van der Waals surface area contributed by atoms with Crippen molar-refractivity contribution in [3.8, 4) is 0 Å². The lowest BCUT2D eigenvalue weighted by atomic mass is 10.1. The van der Waals surface area contributed by atoms with Crippen LogP contribution in [0.5, 0.6) is 0 Å². The van der Waals surface area contributed by atoms with Crippen molar-refractivity contribution >= 4 is 62.8 Å². The molecule has 0 saturated carbocycles. The van der Waals surface area contributed by atoms with Crippen LogP contribution in [0.1, 0.15) is 40.1 Å². The fourth-order valence-corrected chi connectivity index (χ4v) is 5.88. The van der Waals surface area contributed by atoms with Crippen LogP contribution in [0.25, 0.3) is 10.2 Å². The summed E-state index contributed by atoms with van der Waals surface area (Å²) in [7, 11) is 0. The van der Waals surface area contributed by atoms with Crippen LogP contribution in [0.15, 0.2) is 77.1 Å². The molecule has 40 heavy (non-hydrogen) atoms. The van der Waals surface area contributed by atoms with E-state index in [1.54, 1.807) is 56.3 Å². The Morgan fingerprint density at radius 3 is 2.12 bits per heavy atom. The molecule has 4 rings (SSSR count). The maximum atomic E-state index is 13.2. The summed E-state index contributed by atoms with van der Waals surface area (Å²) in [6.07, 6.45) is 0. The Morgan fingerprint density at radius 2 is 1.48 bits per heavy atom. The number of anilines is 1. The molecule has 3 aromatic carbocycles. The van der Waals surface area contributed by atoms with Gasteiger partial charge in [-0.1, -0.05) is 54.2 Å². The topological polar surface area (TPSA) is 124 Å². The second-order valence-electron chi connectivity index (χ2n) is 8.33. The maximum Gasteiger partial charge on any atom is 0.331 e. The van der Waals surface area contributed by atoms with Crippen LogP contribution in [0.4, 0.5) is 5.69 Å². The summed E-state index contributed by atoms with van der Waals surface area (Å²) in [5.74, 6) is -2.17. The number of carbonyl (C=O) groups excluding carboxylic acids is 4. The molecular formula is C29H27N3O6S2. The molecule has 206 valence electrons. The molecule has 2 N–H and O–H groups in total. The quantitative estimate of drug-likeness (QED) is 0.144. The zero-order chi connectivity index (χ0) is 28.5. The van der Waals surface area contributed by atoms with Crippen LogP contribution in [0.2, 0.25) is 0 Å². The van der Waals surface area contributed by atoms with Crippen molar-refractivity contribution in [2.75, 3.05) is 18.5 Å². The van der Waals surface area contributed by atoms with E-state index in [1.165, 1.54) is 11.3 Å². The van der Waals surface area contributed by atoms with Crippen LogP contribution in [-0.4, -0.2) is 47.2 Å². The standard InChI is InChI=1S/C29H27N3O6S2/c1-3-37-27(35)24(28(36)38-4-2)40-29-32-22-15-14-19(16-23(22)39-29)31-26(34)21-13-9-8-12-20(21)25(33)30-17-18-10-6-5-7-11-18/h5-16,24H,3-4,17H2,1-2H3,(H,30,33)(H,31,34). The SMILES string of the molecule is CCOC(=O)C(Sc1nc2ccc(NC(=O)c3ccccc3C(=O)NCc3ccccc3)cc2s1)C(=O)OCC. The normalized spacial score (nSPS) is 10.8. The molecule has 0 aliphatic heterocycles. The van der Waals surface area contributed by atoms with E-state index in [4.69, 9.17) is 9.47 Å². The molecular weight excluding hydrogens is 550 g/mol. The van der Waals surface area contributed by atoms with E-state index in [0.29, 0.717) is 22.1 Å². The molecule has 0 bridgehead atoms. The van der Waals surface area contributed by atoms with Crippen molar-refractivity contribution in [3.63, 3.8) is 0 Å². The van der Waals surface area contributed by atoms with E-state index in [2.05, 4.69) is 15.6 Å². The van der Waals surface area contributed by atoms with Gasteiger partial charge < -0.3 is 20.1 Å². The lowest BCUT2D eigenvalue weighted by Crippen LogP contribution is -2.30. The first-order chi connectivity index (χ1) is 19.4. The molecule has 0 fully saturated rings. The number of ether oxygens (including phenoxy) is 2. The molecule has 0 aliphatic rings. The second kappa shape index (κ2) is 13.7. The number of fused-ring (bicyclic) bond motifs is 1. The van der Waals surface area contributed by atoms with Crippen LogP contribution in [-0.2, 0) is 25.6 Å². The Balaban J connectivity index is 1.48. The fourth-order valence-electron chi connectivity index (χ4n) is 3.71. The third-order valence-corrected chi connectivity index (χ3v) is 7.82. The van der Waals surface area contributed by atoms with Crippen LogP contribution in [0.3, 0.4) is 0 Å². The maximum absolute atomic E-state index is 13.2. The highest BCUT2D eigenvalue weighted by molar-refractivity contribution is 8.03. The molecule has 0 aliphatic carbocycles. The highest BCUT2D eigenvalue weighted by Gasteiger charge is 2.32. The number of carbonyl (C=O) groups is 4. The van der Waals surface area contributed by atoms with E-state index < -0.39 is 23.1 Å². The molecule has 1 heterocycles. The monoisotopic (exact) mass is 577 g/mol. The van der Waals surface area contributed by atoms with E-state index in [0.717, 1.165) is 22.0 Å². The van der Waals surface area contributed by atoms with E-state index in [-0.39, 0.29) is 30.2 Å². The number of esters is 2. The fraction of sp³-hybridized carbons (Fsp3) is 0.207. The number of benzene rings is 3. The minimum atomic E-state index is -1.19. The molecule has 0 radical (unpaired) electrons. The Hall–Kier alpha value is -4.22. The van der Waals surface area contributed by atoms with Gasteiger partial charge in [-0.25, -0.2) is 4.98 Å². The molecule has 0 unspecified atom stereocenters. The lowest BCUT2D eigenvalue weighted by Gasteiger charge is -2.12. The van der Waals surface area contributed by atoms with Crippen LogP contribution in [0, 0.1) is 0 Å². The summed E-state index contributed by atoms with van der Waals surface area (Å²) in [6.45, 7) is 3.93. The highest BCUT2D eigenvalue weighted by Crippen LogP contribution is 2.34. The van der Waals surface area contributed by atoms with Crippen molar-refractivity contribution in [2.24, 2.45) is 0 Å². The number of nitrogens with one attached hydrogen (secondary N) is 2. The van der Waals surface area contributed by atoms with Gasteiger partial charge in [0.1, 0.15) is 0 Å². The average molecular weight is 578 g/mol. The van der Waals surface area contributed by atoms with Crippen molar-refractivity contribution in [2.45, 2.75) is 30.0 Å². The summed E-state index contributed by atoms with van der Waals surface area (Å²) < 4.78 is 11.3. The average Bonchev–Trinajstić information content (AvgIpc) is 3.37. The number of rotatable bonds is 11. The van der Waals surface area contributed by atoms with Crippen LogP contribution >= 0.6 is 23.1 Å². The Morgan fingerprint density at radius 1 is 0.850 bits per heavy atom. The summed E-state index contributed by atoms with van der Waals surface area (Å²) in [5.41, 5.74) is 2.59. The summed E-state index contributed by atoms with van der Waals surface area (Å²) in [4.78, 5) is 55.2. The number of thioether (sulfide) groups is 1. The first kappa shape index (κ1) is 28.8. The zero-order valence-corrected chi connectivity index (χ0v) is 23.5. The van der Waals surface area contributed by atoms with Gasteiger partial charge in [0.15, 0.2) is 4.34 Å². The molecule has 4 aromatic rings. The van der Waals surface area contributed by atoms with E-state index in [9.17, 15) is 19.2 Å². The molecule has 0 saturated heterocycles. The Kier molecular flexibility index (Phi) is 9.87. The van der Waals surface area contributed by atoms with Gasteiger partial charge in [-0.15, -0.1) is 11.3 Å².